The molecule has 4 N–H and O–H groups in total. The summed E-state index contributed by atoms with van der Waals surface area (Å²) >= 11 is 2.74. The smallest absolute Gasteiger partial charge is 0.269 e. The Labute approximate surface area is 334 Å². The molecule has 1 saturated carbocycles. The molecule has 19 heteroatoms. The van der Waals surface area contributed by atoms with Gasteiger partial charge in [0.25, 0.3) is 17.8 Å². The molecule has 2 fully saturated rings. The molecule has 0 unspecified atom stereocenters. The Balaban J connectivity index is 1.14. The Morgan fingerprint density at radius 2 is 1.79 bits per heavy atom. The van der Waals surface area contributed by atoms with Gasteiger partial charge in [-0.15, -0.1) is 27.8 Å². The van der Waals surface area contributed by atoms with E-state index in [2.05, 4.69) is 36.6 Å². The van der Waals surface area contributed by atoms with Gasteiger partial charge in [0, 0.05) is 24.5 Å². The summed E-state index contributed by atoms with van der Waals surface area (Å²) in [6.07, 6.45) is 7.13. The van der Waals surface area contributed by atoms with Gasteiger partial charge in [0.1, 0.15) is 29.4 Å². The summed E-state index contributed by atoms with van der Waals surface area (Å²) < 4.78 is 17.7. The van der Waals surface area contributed by atoms with Gasteiger partial charge in [-0.2, -0.15) is 5.21 Å². The number of H-pyrrole nitrogens is 1. The van der Waals surface area contributed by atoms with Crippen molar-refractivity contribution in [1.29, 1.82) is 0 Å². The first kappa shape index (κ1) is 37.9. The number of hydrogen-bond donors (Lipinski definition) is 4. The summed E-state index contributed by atoms with van der Waals surface area (Å²) in [5.41, 5.74) is 0.211. The van der Waals surface area contributed by atoms with E-state index < -0.39 is 41.4 Å². The summed E-state index contributed by atoms with van der Waals surface area (Å²) in [6, 6.07) is 8.76. The van der Waals surface area contributed by atoms with Crippen molar-refractivity contribution in [1.82, 2.24) is 46.1 Å². The van der Waals surface area contributed by atoms with Gasteiger partial charge in [-0.25, -0.2) is 9.97 Å². The van der Waals surface area contributed by atoms with E-state index in [1.54, 1.807) is 36.8 Å². The third kappa shape index (κ3) is 7.89. The van der Waals surface area contributed by atoms with E-state index in [1.807, 2.05) is 29.7 Å². The molecule has 1 saturated heterocycles. The van der Waals surface area contributed by atoms with Crippen molar-refractivity contribution in [2.24, 2.45) is 5.92 Å². The van der Waals surface area contributed by atoms with E-state index in [4.69, 9.17) is 24.2 Å². The van der Waals surface area contributed by atoms with Gasteiger partial charge in [-0.1, -0.05) is 42.2 Å². The van der Waals surface area contributed by atoms with Crippen LogP contribution in [-0.2, 0) is 14.4 Å². The van der Waals surface area contributed by atoms with Crippen molar-refractivity contribution < 1.29 is 33.4 Å². The fourth-order valence-electron chi connectivity index (χ4n) is 7.41. The number of tetrazole rings is 1. The topological polar surface area (TPSA) is 216 Å². The molecule has 296 valence electrons. The van der Waals surface area contributed by atoms with Gasteiger partial charge in [-0.3, -0.25) is 24.5 Å². The molecular formula is C38H40N10O7S2. The molecule has 57 heavy (non-hydrogen) atoms. The number of amides is 4. The molecule has 0 bridgehead atoms. The Morgan fingerprint density at radius 3 is 2.51 bits per heavy atom. The second-order valence-electron chi connectivity index (χ2n) is 14.1. The average molecular weight is 813 g/mol. The zero-order valence-corrected chi connectivity index (χ0v) is 32.7. The lowest BCUT2D eigenvalue weighted by Crippen LogP contribution is -2.57. The van der Waals surface area contributed by atoms with Crippen molar-refractivity contribution >= 4 is 63.3 Å². The fraction of sp³-hybridized carbons (Fsp3) is 0.395. The maximum Gasteiger partial charge on any atom is 0.269 e. The van der Waals surface area contributed by atoms with E-state index in [1.165, 1.54) is 34.7 Å². The third-order valence-corrected chi connectivity index (χ3v) is 12.2. The number of aromatic nitrogens is 6. The molecule has 3 aliphatic rings. The van der Waals surface area contributed by atoms with Crippen LogP contribution in [0.5, 0.6) is 17.4 Å². The number of fused-ring (bicyclic) bond motifs is 3. The predicted molar refractivity (Wildman–Crippen MR) is 210 cm³/mol. The van der Waals surface area contributed by atoms with E-state index in [0.29, 0.717) is 52.4 Å². The van der Waals surface area contributed by atoms with Crippen LogP contribution in [0.25, 0.3) is 21.6 Å². The molecule has 4 aromatic heterocycles. The van der Waals surface area contributed by atoms with Crippen LogP contribution in [-0.4, -0.2) is 104 Å². The van der Waals surface area contributed by atoms with E-state index in [0.717, 1.165) is 24.1 Å². The van der Waals surface area contributed by atoms with Crippen LogP contribution < -0.4 is 30.2 Å². The second-order valence-corrected chi connectivity index (χ2v) is 16.0. The average Bonchev–Trinajstić information content (AvgIpc) is 3.91. The molecule has 8 rings (SSSR count). The molecule has 0 radical (unpaired) electrons. The molecule has 17 nitrogen and oxygen atoms in total. The predicted octanol–water partition coefficient (Wildman–Crippen LogP) is 4.13. The van der Waals surface area contributed by atoms with Crippen LogP contribution in [0.15, 0.2) is 59.3 Å². The zero-order valence-electron chi connectivity index (χ0n) is 31.1. The number of allylic oxidation sites excluding steroid dienone is 1. The van der Waals surface area contributed by atoms with E-state index >= 15 is 0 Å². The Hall–Kier alpha value is -5.95. The summed E-state index contributed by atoms with van der Waals surface area (Å²) in [5, 5.41) is 25.9. The van der Waals surface area contributed by atoms with Gasteiger partial charge in [0.2, 0.25) is 17.7 Å². The van der Waals surface area contributed by atoms with Gasteiger partial charge >= 0.3 is 0 Å². The Morgan fingerprint density at radius 1 is 1.00 bits per heavy atom. The zero-order chi connectivity index (χ0) is 39.5. The van der Waals surface area contributed by atoms with Crippen molar-refractivity contribution in [2.45, 2.75) is 68.7 Å². The first-order chi connectivity index (χ1) is 27.8. The van der Waals surface area contributed by atoms with Crippen LogP contribution in [0.2, 0.25) is 0 Å². The maximum absolute atomic E-state index is 14.7. The molecule has 4 amide bonds. The number of benzene rings is 1. The number of aromatic amines is 1. The minimum Gasteiger partial charge on any atom is -0.493 e. The fourth-order valence-corrected chi connectivity index (χ4v) is 8.74. The molecule has 1 aromatic carbocycles. The molecular weight excluding hydrogens is 773 g/mol. The number of methoxy groups -OCH3 is 2. The third-order valence-electron chi connectivity index (χ3n) is 10.4. The Kier molecular flexibility index (Phi) is 10.8. The number of carbonyl (C=O) groups is 4. The summed E-state index contributed by atoms with van der Waals surface area (Å²) in [4.78, 5) is 68.9. The highest BCUT2D eigenvalue weighted by molar-refractivity contribution is 7.13. The first-order valence-corrected chi connectivity index (χ1v) is 20.3. The van der Waals surface area contributed by atoms with Crippen LogP contribution in [0, 0.1) is 5.92 Å². The molecule has 2 aliphatic heterocycles. The largest absolute Gasteiger partial charge is 0.493 e. The molecule has 6 heterocycles. The van der Waals surface area contributed by atoms with Crippen LogP contribution in [0.1, 0.15) is 54.6 Å². The highest BCUT2D eigenvalue weighted by Crippen LogP contribution is 2.46. The minimum absolute atomic E-state index is 0.00319. The van der Waals surface area contributed by atoms with Crippen molar-refractivity contribution in [2.75, 3.05) is 26.1 Å². The lowest BCUT2D eigenvalue weighted by Gasteiger charge is -2.29. The number of carbonyl (C=O) groups excluding carboxylic acids is 4. The van der Waals surface area contributed by atoms with Gasteiger partial charge in [0.05, 0.1) is 41.6 Å². The molecule has 5 atom stereocenters. The number of hydrogen-bond acceptors (Lipinski definition) is 14. The maximum atomic E-state index is 14.7. The van der Waals surface area contributed by atoms with Crippen molar-refractivity contribution in [3.05, 3.63) is 64.2 Å². The van der Waals surface area contributed by atoms with Crippen LogP contribution in [0.4, 0.5) is 5.95 Å². The second kappa shape index (κ2) is 16.3. The van der Waals surface area contributed by atoms with E-state index in [9.17, 15) is 19.2 Å². The highest BCUT2D eigenvalue weighted by atomic mass is 32.1. The lowest BCUT2D eigenvalue weighted by atomic mass is 10.0. The summed E-state index contributed by atoms with van der Waals surface area (Å²) in [7, 11) is 3.08. The normalized spacial score (nSPS) is 24.3. The van der Waals surface area contributed by atoms with Gasteiger partial charge < -0.3 is 29.7 Å². The standard InChI is InChI=1S/C38H40N10O7S2/c1-53-27-17-24-25(18-28(27)54-2)41-34(31(39-24)29-12-8-14-56-29)55-22-16-26-32(49)43-38(36(52)42-37-44-46-47-45-37)19-21(38)10-6-4-3-5-7-11-23(35(51)48(26)20-22)40-33(50)30-13-9-15-57-30/h6,8-10,12-15,17-18,21-23,26H,3-5,7,11,16,19-20H2,1-2H3,(H,40,50)(H,43,49)(H2,42,44,45,46,47,52)/b10-6-/t21-,22+,23-,26-,38+/m0/s1. The molecule has 1 aliphatic carbocycles. The quantitative estimate of drug-likeness (QED) is 0.155. The SMILES string of the molecule is COc1cc2nc(O[C@@H]3C[C@H]4C(=O)N[C@]5(C(=O)Nc6nn[nH]n6)C[C@@H]5/C=C\CCCCC[C@H](NC(=O)c5cccs5)C(=O)N4C3)c(-c3cccs3)nc2cc1OC. The Bertz CT molecular complexity index is 2290. The molecule has 5 aromatic rings. The summed E-state index contributed by atoms with van der Waals surface area (Å²) in [6.45, 7) is 0.00319. The number of nitrogens with one attached hydrogen (secondary N) is 4. The number of anilines is 1. The first-order valence-electron chi connectivity index (χ1n) is 18.6. The number of nitrogens with zero attached hydrogens (tertiary/aromatic N) is 6. The summed E-state index contributed by atoms with van der Waals surface area (Å²) in [5.74, 6) is -0.983. The minimum atomic E-state index is -1.31. The highest BCUT2D eigenvalue weighted by Gasteiger charge is 2.61. The van der Waals surface area contributed by atoms with Crippen molar-refractivity contribution in [3.63, 3.8) is 0 Å². The van der Waals surface area contributed by atoms with Gasteiger partial charge in [-0.05, 0) is 53.8 Å². The lowest BCUT2D eigenvalue weighted by molar-refractivity contribution is -0.141. The van der Waals surface area contributed by atoms with Gasteiger partial charge in [0.15, 0.2) is 11.5 Å². The number of rotatable bonds is 9. The van der Waals surface area contributed by atoms with E-state index in [-0.39, 0.29) is 36.6 Å². The monoisotopic (exact) mass is 812 g/mol. The van der Waals surface area contributed by atoms with Crippen LogP contribution in [0.3, 0.4) is 0 Å². The molecule has 0 spiro atoms. The number of ether oxygens (including phenoxy) is 3. The van der Waals surface area contributed by atoms with Crippen LogP contribution >= 0.6 is 22.7 Å². The van der Waals surface area contributed by atoms with Crippen molar-refractivity contribution in [3.8, 4) is 28.0 Å². The number of thiophene rings is 2.